The van der Waals surface area contributed by atoms with Crippen molar-refractivity contribution in [3.05, 3.63) is 26.8 Å². The van der Waals surface area contributed by atoms with Crippen molar-refractivity contribution >= 4 is 0 Å². The summed E-state index contributed by atoms with van der Waals surface area (Å²) in [6, 6.07) is 0. The number of hydrogen-bond donors (Lipinski definition) is 1. The van der Waals surface area contributed by atoms with E-state index in [4.69, 9.17) is 0 Å². The number of rotatable bonds is 2. The van der Waals surface area contributed by atoms with Crippen LogP contribution in [0.5, 0.6) is 0 Å². The molecule has 5 nitrogen and oxygen atoms in total. The maximum absolute atomic E-state index is 11.1. The van der Waals surface area contributed by atoms with E-state index in [1.165, 1.54) is 0 Å². The summed E-state index contributed by atoms with van der Waals surface area (Å²) in [7, 11) is 0. The molecule has 0 radical (unpaired) electrons. The Labute approximate surface area is 69.1 Å². The van der Waals surface area contributed by atoms with Gasteiger partial charge in [0.2, 0.25) is 0 Å². The summed E-state index contributed by atoms with van der Waals surface area (Å²) < 4.78 is 1.05. The maximum atomic E-state index is 11.1. The Kier molecular flexibility index (Phi) is 2.42. The quantitative estimate of drug-likeness (QED) is 0.649. The molecule has 0 spiro atoms. The molecule has 0 atom stereocenters. The smallest absolute Gasteiger partial charge is 0.295 e. The van der Waals surface area contributed by atoms with Crippen molar-refractivity contribution in [1.29, 1.82) is 0 Å². The van der Waals surface area contributed by atoms with Crippen LogP contribution in [0.1, 0.15) is 19.7 Å². The molecule has 5 heteroatoms. The first-order chi connectivity index (χ1) is 5.69. The molecule has 0 amide bonds. The fourth-order valence-electron chi connectivity index (χ4n) is 0.928. The highest BCUT2D eigenvalue weighted by atomic mass is 16.2. The molecule has 1 heterocycles. The molecule has 0 unspecified atom stereocenters. The number of H-pyrrole nitrogens is 1. The Bertz CT molecular complexity index is 346. The van der Waals surface area contributed by atoms with Crippen LogP contribution in [0.25, 0.3) is 0 Å². The van der Waals surface area contributed by atoms with Crippen LogP contribution in [0.4, 0.5) is 0 Å². The molecular formula is C7H11N3O2. The van der Waals surface area contributed by atoms with Crippen LogP contribution in [0, 0.1) is 0 Å². The molecule has 0 saturated carbocycles. The second kappa shape index (κ2) is 3.34. The fraction of sp³-hybridized carbons (Fsp3) is 0.571. The van der Waals surface area contributed by atoms with Gasteiger partial charge in [0.25, 0.3) is 0 Å². The van der Waals surface area contributed by atoms with Gasteiger partial charge < -0.3 is 0 Å². The third-order valence-corrected chi connectivity index (χ3v) is 1.61. The zero-order valence-electron chi connectivity index (χ0n) is 7.13. The number of aromatic nitrogens is 3. The zero-order chi connectivity index (χ0) is 9.14. The number of aryl methyl sites for hydroxylation is 1. The van der Waals surface area contributed by atoms with E-state index in [0.717, 1.165) is 4.57 Å². The Morgan fingerprint density at radius 2 is 2.08 bits per heavy atom. The maximum Gasteiger partial charge on any atom is 0.353 e. The molecule has 0 aliphatic rings. The van der Waals surface area contributed by atoms with Gasteiger partial charge in [0.1, 0.15) is 5.82 Å². The van der Waals surface area contributed by atoms with Gasteiger partial charge in [-0.3, -0.25) is 4.98 Å². The summed E-state index contributed by atoms with van der Waals surface area (Å²) in [6.45, 7) is 3.91. The molecule has 0 aromatic carbocycles. The van der Waals surface area contributed by atoms with Crippen molar-refractivity contribution in [3.8, 4) is 0 Å². The van der Waals surface area contributed by atoms with Gasteiger partial charge in [0.05, 0.1) is 0 Å². The molecule has 66 valence electrons. The Hall–Kier alpha value is -1.39. The van der Waals surface area contributed by atoms with E-state index in [1.807, 2.05) is 6.92 Å². The van der Waals surface area contributed by atoms with E-state index in [1.54, 1.807) is 6.92 Å². The number of nitrogens with one attached hydrogen (secondary N) is 1. The number of nitrogens with zero attached hydrogens (tertiary/aromatic N) is 2. The fourth-order valence-corrected chi connectivity index (χ4v) is 0.928. The van der Waals surface area contributed by atoms with E-state index in [-0.39, 0.29) is 5.69 Å². The summed E-state index contributed by atoms with van der Waals surface area (Å²) in [5, 5.41) is 0. The van der Waals surface area contributed by atoms with Gasteiger partial charge in [-0.1, -0.05) is 6.92 Å². The van der Waals surface area contributed by atoms with Crippen LogP contribution >= 0.6 is 0 Å². The van der Waals surface area contributed by atoms with Crippen LogP contribution in [-0.4, -0.2) is 14.5 Å². The lowest BCUT2D eigenvalue weighted by Gasteiger charge is -1.99. The molecule has 1 rings (SSSR count). The Morgan fingerprint density at radius 1 is 1.42 bits per heavy atom. The highest BCUT2D eigenvalue weighted by Crippen LogP contribution is 1.79. The standard InChI is InChI=1S/C7H11N3O2/c1-3-5-8-6(11)10(4-2)7(12)9-5/h3-4H2,1-2H3,(H,8,9,11,12). The van der Waals surface area contributed by atoms with Crippen molar-refractivity contribution in [2.45, 2.75) is 26.8 Å². The molecule has 0 saturated heterocycles. The highest BCUT2D eigenvalue weighted by Gasteiger charge is 2.01. The van der Waals surface area contributed by atoms with Crippen LogP contribution in [0.3, 0.4) is 0 Å². The molecule has 0 aliphatic carbocycles. The van der Waals surface area contributed by atoms with Crippen molar-refractivity contribution in [2.75, 3.05) is 0 Å². The Morgan fingerprint density at radius 3 is 2.50 bits per heavy atom. The monoisotopic (exact) mass is 169 g/mol. The summed E-state index contributed by atoms with van der Waals surface area (Å²) >= 11 is 0. The van der Waals surface area contributed by atoms with Crippen LogP contribution < -0.4 is 11.4 Å². The van der Waals surface area contributed by atoms with Crippen LogP contribution in [0.2, 0.25) is 0 Å². The van der Waals surface area contributed by atoms with Gasteiger partial charge in [-0.05, 0) is 6.92 Å². The minimum Gasteiger partial charge on any atom is -0.295 e. The summed E-state index contributed by atoms with van der Waals surface area (Å²) in [5.74, 6) is 0.440. The molecule has 0 aliphatic heterocycles. The SMILES string of the molecule is CCc1nc(=O)n(CC)c(=O)[nH]1. The van der Waals surface area contributed by atoms with Crippen molar-refractivity contribution < 1.29 is 0 Å². The minimum absolute atomic E-state index is 0.352. The van der Waals surface area contributed by atoms with E-state index in [9.17, 15) is 9.59 Å². The second-order valence-corrected chi connectivity index (χ2v) is 2.37. The van der Waals surface area contributed by atoms with Crippen molar-refractivity contribution in [1.82, 2.24) is 14.5 Å². The lowest BCUT2D eigenvalue weighted by Crippen LogP contribution is -2.37. The molecule has 0 fully saturated rings. The van der Waals surface area contributed by atoms with E-state index < -0.39 is 5.69 Å². The zero-order valence-corrected chi connectivity index (χ0v) is 7.13. The summed E-state index contributed by atoms with van der Waals surface area (Å²) in [5.41, 5.74) is -0.854. The largest absolute Gasteiger partial charge is 0.353 e. The summed E-state index contributed by atoms with van der Waals surface area (Å²) in [4.78, 5) is 28.4. The molecular weight excluding hydrogens is 158 g/mol. The lowest BCUT2D eigenvalue weighted by molar-refractivity contribution is 0.625. The topological polar surface area (TPSA) is 67.8 Å². The first-order valence-corrected chi connectivity index (χ1v) is 3.89. The predicted octanol–water partition coefficient (Wildman–Crippen LogP) is -0.486. The van der Waals surface area contributed by atoms with Crippen LogP contribution in [0.15, 0.2) is 9.59 Å². The molecule has 1 aromatic heterocycles. The van der Waals surface area contributed by atoms with Gasteiger partial charge in [0, 0.05) is 13.0 Å². The van der Waals surface area contributed by atoms with Crippen molar-refractivity contribution in [2.24, 2.45) is 0 Å². The van der Waals surface area contributed by atoms with E-state index in [0.29, 0.717) is 18.8 Å². The molecule has 1 aromatic rings. The molecule has 12 heavy (non-hydrogen) atoms. The van der Waals surface area contributed by atoms with E-state index >= 15 is 0 Å². The summed E-state index contributed by atoms with van der Waals surface area (Å²) in [6.07, 6.45) is 0.565. The van der Waals surface area contributed by atoms with E-state index in [2.05, 4.69) is 9.97 Å². The lowest BCUT2D eigenvalue weighted by atomic mass is 10.5. The second-order valence-electron chi connectivity index (χ2n) is 2.37. The molecule has 1 N–H and O–H groups in total. The van der Waals surface area contributed by atoms with Gasteiger partial charge in [-0.15, -0.1) is 0 Å². The first kappa shape index (κ1) is 8.70. The molecule has 0 bridgehead atoms. The van der Waals surface area contributed by atoms with Gasteiger partial charge in [0.15, 0.2) is 0 Å². The van der Waals surface area contributed by atoms with Gasteiger partial charge in [-0.2, -0.15) is 4.98 Å². The minimum atomic E-state index is -0.474. The highest BCUT2D eigenvalue weighted by molar-refractivity contribution is 4.82. The predicted molar refractivity (Wildman–Crippen MR) is 44.2 cm³/mol. The van der Waals surface area contributed by atoms with Gasteiger partial charge in [-0.25, -0.2) is 14.2 Å². The first-order valence-electron chi connectivity index (χ1n) is 3.89. The third kappa shape index (κ3) is 1.44. The normalized spacial score (nSPS) is 10.2. The Balaban J connectivity index is 3.39. The number of aromatic amines is 1. The van der Waals surface area contributed by atoms with Crippen molar-refractivity contribution in [3.63, 3.8) is 0 Å². The van der Waals surface area contributed by atoms with Gasteiger partial charge >= 0.3 is 11.4 Å². The van der Waals surface area contributed by atoms with Crippen LogP contribution in [-0.2, 0) is 13.0 Å². The number of hydrogen-bond acceptors (Lipinski definition) is 3. The average molecular weight is 169 g/mol. The average Bonchev–Trinajstić information content (AvgIpc) is 2.03. The third-order valence-electron chi connectivity index (χ3n) is 1.61.